The predicted molar refractivity (Wildman–Crippen MR) is 20.7 cm³/mol. The van der Waals surface area contributed by atoms with Crippen molar-refractivity contribution in [1.82, 2.24) is 0 Å². The van der Waals surface area contributed by atoms with E-state index >= 15 is 0 Å². The number of aliphatic carboxylic acids is 1. The van der Waals surface area contributed by atoms with E-state index in [4.69, 9.17) is 15.3 Å². The third kappa shape index (κ3) is 2.13. The SMILES string of the molecule is O=[13C](O)[13C@H](O)CO. The van der Waals surface area contributed by atoms with Crippen LogP contribution in [0.2, 0.25) is 0 Å². The van der Waals surface area contributed by atoms with Crippen molar-refractivity contribution >= 4 is 5.97 Å². The average molecular weight is 108 g/mol. The Morgan fingerprint density at radius 2 is 2.14 bits per heavy atom. The molecule has 4 heteroatoms. The van der Waals surface area contributed by atoms with Crippen LogP contribution in [0, 0.1) is 0 Å². The van der Waals surface area contributed by atoms with Crippen molar-refractivity contribution in [2.24, 2.45) is 0 Å². The molecule has 0 heterocycles. The quantitative estimate of drug-likeness (QED) is 0.373. The number of carbonyl (C=O) groups is 1. The van der Waals surface area contributed by atoms with E-state index in [2.05, 4.69) is 0 Å². The van der Waals surface area contributed by atoms with E-state index in [0.717, 1.165) is 0 Å². The summed E-state index contributed by atoms with van der Waals surface area (Å²) in [4.78, 5) is 9.52. The Hall–Kier alpha value is -0.610. The minimum atomic E-state index is -1.63. The summed E-state index contributed by atoms with van der Waals surface area (Å²) in [5, 5.41) is 23.7. The van der Waals surface area contributed by atoms with Crippen LogP contribution in [0.4, 0.5) is 0 Å². The summed E-state index contributed by atoms with van der Waals surface area (Å²) in [5.74, 6) is -1.40. The van der Waals surface area contributed by atoms with E-state index in [1.807, 2.05) is 0 Å². The average Bonchev–Trinajstić information content (AvgIpc) is 1.65. The topological polar surface area (TPSA) is 77.8 Å². The molecule has 0 amide bonds. The van der Waals surface area contributed by atoms with Crippen LogP contribution in [0.25, 0.3) is 0 Å². The molecular weight excluding hydrogens is 102 g/mol. The highest BCUT2D eigenvalue weighted by Gasteiger charge is 2.08. The van der Waals surface area contributed by atoms with Gasteiger partial charge in [0.05, 0.1) is 6.61 Å². The normalized spacial score (nSPS) is 13.4. The standard InChI is InChI=1S/C3H6O4/c4-1-2(5)3(6)7/h2,4-5H,1H2,(H,6,7)/t2-/m1/s1/i2+1,3+1. The summed E-state index contributed by atoms with van der Waals surface area (Å²) in [6.45, 7) is -0.727. The first-order chi connectivity index (χ1) is 3.18. The molecular formula is C3H6O4. The van der Waals surface area contributed by atoms with Crippen molar-refractivity contribution in [2.45, 2.75) is 6.10 Å². The molecule has 0 aromatic carbocycles. The summed E-state index contributed by atoms with van der Waals surface area (Å²) < 4.78 is 0. The minimum absolute atomic E-state index is 0.727. The van der Waals surface area contributed by atoms with Crippen LogP contribution in [-0.2, 0) is 4.79 Å². The number of rotatable bonds is 2. The molecule has 4 nitrogen and oxygen atoms in total. The van der Waals surface area contributed by atoms with Crippen molar-refractivity contribution in [3.05, 3.63) is 0 Å². The lowest BCUT2D eigenvalue weighted by molar-refractivity contribution is -0.148. The molecule has 0 aromatic heterocycles. The lowest BCUT2D eigenvalue weighted by atomic mass is 11.0. The number of hydrogen-bond donors (Lipinski definition) is 3. The van der Waals surface area contributed by atoms with Crippen molar-refractivity contribution < 1.29 is 20.1 Å². The monoisotopic (exact) mass is 108 g/mol. The molecule has 0 saturated carbocycles. The van der Waals surface area contributed by atoms with Crippen molar-refractivity contribution in [3.63, 3.8) is 0 Å². The van der Waals surface area contributed by atoms with E-state index in [-0.39, 0.29) is 0 Å². The molecule has 0 saturated heterocycles. The maximum Gasteiger partial charge on any atom is 0.334 e. The molecule has 1 atom stereocenters. The van der Waals surface area contributed by atoms with Gasteiger partial charge in [0.25, 0.3) is 0 Å². The molecule has 0 rings (SSSR count). The van der Waals surface area contributed by atoms with E-state index in [9.17, 15) is 4.79 Å². The Labute approximate surface area is 40.0 Å². The molecule has 7 heavy (non-hydrogen) atoms. The minimum Gasteiger partial charge on any atom is -0.479 e. The van der Waals surface area contributed by atoms with Gasteiger partial charge in [0.1, 0.15) is 0 Å². The fourth-order valence-corrected chi connectivity index (χ4v) is 0.0781. The summed E-state index contributed by atoms with van der Waals surface area (Å²) in [5.41, 5.74) is 0. The molecule has 0 aliphatic heterocycles. The summed E-state index contributed by atoms with van der Waals surface area (Å²) in [6.07, 6.45) is -1.63. The van der Waals surface area contributed by atoms with Crippen LogP contribution in [0.3, 0.4) is 0 Å². The van der Waals surface area contributed by atoms with Crippen LogP contribution in [0.15, 0.2) is 0 Å². The first kappa shape index (κ1) is 6.39. The van der Waals surface area contributed by atoms with Crippen molar-refractivity contribution in [2.75, 3.05) is 6.61 Å². The third-order valence-electron chi connectivity index (χ3n) is 0.458. The Balaban J connectivity index is 3.34. The molecule has 0 fully saturated rings. The number of hydrogen-bond acceptors (Lipinski definition) is 3. The fourth-order valence-electron chi connectivity index (χ4n) is 0.0781. The first-order valence-electron chi connectivity index (χ1n) is 1.70. The summed E-state index contributed by atoms with van der Waals surface area (Å²) >= 11 is 0. The van der Waals surface area contributed by atoms with E-state index in [1.54, 1.807) is 0 Å². The lowest BCUT2D eigenvalue weighted by Crippen LogP contribution is -2.22. The Kier molecular flexibility index (Phi) is 2.32. The maximum absolute atomic E-state index is 9.52. The molecule has 42 valence electrons. The number of carboxylic acids is 1. The zero-order valence-corrected chi connectivity index (χ0v) is 3.53. The van der Waals surface area contributed by atoms with Gasteiger partial charge in [-0.25, -0.2) is 4.79 Å². The first-order valence-corrected chi connectivity index (χ1v) is 1.70. The Bertz CT molecular complexity index is 69.3. The van der Waals surface area contributed by atoms with Gasteiger partial charge in [-0.15, -0.1) is 0 Å². The van der Waals surface area contributed by atoms with Gasteiger partial charge in [0, 0.05) is 0 Å². The molecule has 3 N–H and O–H groups in total. The summed E-state index contributed by atoms with van der Waals surface area (Å²) in [7, 11) is 0. The number of aliphatic hydroxyl groups is 2. The van der Waals surface area contributed by atoms with Gasteiger partial charge >= 0.3 is 5.97 Å². The fraction of sp³-hybridized carbons (Fsp3) is 0.667. The zero-order chi connectivity index (χ0) is 5.86. The molecule has 0 unspecified atom stereocenters. The van der Waals surface area contributed by atoms with Crippen LogP contribution in [0.1, 0.15) is 0 Å². The number of aliphatic hydroxyl groups excluding tert-OH is 2. The van der Waals surface area contributed by atoms with Crippen LogP contribution in [0.5, 0.6) is 0 Å². The largest absolute Gasteiger partial charge is 0.479 e. The molecule has 0 spiro atoms. The Morgan fingerprint density at radius 1 is 1.71 bits per heavy atom. The van der Waals surface area contributed by atoms with Gasteiger partial charge < -0.3 is 15.3 Å². The van der Waals surface area contributed by atoms with Crippen molar-refractivity contribution in [1.29, 1.82) is 0 Å². The second-order valence-corrected chi connectivity index (χ2v) is 1.04. The third-order valence-corrected chi connectivity index (χ3v) is 0.458. The predicted octanol–water partition coefficient (Wildman–Crippen LogP) is -1.58. The van der Waals surface area contributed by atoms with Gasteiger partial charge in [-0.3, -0.25) is 0 Å². The summed E-state index contributed by atoms with van der Waals surface area (Å²) in [6, 6.07) is 0. The lowest BCUT2D eigenvalue weighted by Gasteiger charge is -1.95. The second kappa shape index (κ2) is 2.54. The second-order valence-electron chi connectivity index (χ2n) is 1.04. The smallest absolute Gasteiger partial charge is 0.334 e. The van der Waals surface area contributed by atoms with Gasteiger partial charge in [0.2, 0.25) is 0 Å². The zero-order valence-electron chi connectivity index (χ0n) is 3.53. The van der Waals surface area contributed by atoms with Gasteiger partial charge in [-0.1, -0.05) is 0 Å². The highest BCUT2D eigenvalue weighted by Crippen LogP contribution is 1.75. The van der Waals surface area contributed by atoms with E-state index < -0.39 is 18.7 Å². The Morgan fingerprint density at radius 3 is 2.14 bits per heavy atom. The highest BCUT2D eigenvalue weighted by atomic mass is 16.5. The molecule has 0 aliphatic carbocycles. The van der Waals surface area contributed by atoms with Crippen molar-refractivity contribution in [3.8, 4) is 0 Å². The van der Waals surface area contributed by atoms with Gasteiger partial charge in [-0.05, 0) is 0 Å². The molecule has 0 aliphatic rings. The van der Waals surface area contributed by atoms with Gasteiger partial charge in [0.15, 0.2) is 6.10 Å². The highest BCUT2D eigenvalue weighted by molar-refractivity contribution is 5.71. The van der Waals surface area contributed by atoms with Crippen LogP contribution in [-0.4, -0.2) is 34.0 Å². The molecule has 0 radical (unpaired) electrons. The molecule has 0 bridgehead atoms. The molecule has 0 aromatic rings. The maximum atomic E-state index is 9.52. The van der Waals surface area contributed by atoms with E-state index in [0.29, 0.717) is 0 Å². The number of carboxylic acid groups (broad SMARTS) is 1. The van der Waals surface area contributed by atoms with Crippen LogP contribution < -0.4 is 0 Å². The van der Waals surface area contributed by atoms with E-state index in [1.165, 1.54) is 0 Å². The van der Waals surface area contributed by atoms with Crippen LogP contribution >= 0.6 is 0 Å². The van der Waals surface area contributed by atoms with Gasteiger partial charge in [-0.2, -0.15) is 0 Å².